The molecule has 0 fully saturated rings. The molecule has 0 saturated carbocycles. The van der Waals surface area contributed by atoms with Crippen LogP contribution in [0.5, 0.6) is 11.5 Å². The molecule has 0 aliphatic heterocycles. The fourth-order valence-corrected chi connectivity index (χ4v) is 3.80. The van der Waals surface area contributed by atoms with Gasteiger partial charge in [-0.15, -0.1) is 10.2 Å². The van der Waals surface area contributed by atoms with Gasteiger partial charge >= 0.3 is 0 Å². The molecule has 10 heteroatoms. The van der Waals surface area contributed by atoms with Crippen molar-refractivity contribution in [1.29, 1.82) is 0 Å². The lowest BCUT2D eigenvalue weighted by Gasteiger charge is -2.11. The molecule has 0 aliphatic carbocycles. The quantitative estimate of drug-likeness (QED) is 0.379. The van der Waals surface area contributed by atoms with Crippen molar-refractivity contribution in [3.63, 3.8) is 0 Å². The van der Waals surface area contributed by atoms with Gasteiger partial charge < -0.3 is 14.8 Å². The van der Waals surface area contributed by atoms with Gasteiger partial charge in [-0.3, -0.25) is 4.79 Å². The number of anilines is 1. The minimum absolute atomic E-state index is 0.139. The van der Waals surface area contributed by atoms with E-state index in [0.717, 1.165) is 15.7 Å². The molecule has 31 heavy (non-hydrogen) atoms. The Labute approximate surface area is 191 Å². The number of carbonyl (C=O) groups excluding carboxylic acids is 1. The molecule has 8 nitrogen and oxygen atoms in total. The van der Waals surface area contributed by atoms with Crippen LogP contribution in [0.3, 0.4) is 0 Å². The Kier molecular flexibility index (Phi) is 6.38. The van der Waals surface area contributed by atoms with Crippen LogP contribution in [0.1, 0.15) is 0 Å². The summed E-state index contributed by atoms with van der Waals surface area (Å²) in [7, 11) is 3.11. The second-order valence-electron chi connectivity index (χ2n) is 6.38. The van der Waals surface area contributed by atoms with Crippen LogP contribution >= 0.6 is 27.7 Å². The van der Waals surface area contributed by atoms with Gasteiger partial charge in [-0.1, -0.05) is 39.8 Å². The Morgan fingerprint density at radius 2 is 1.87 bits per heavy atom. The van der Waals surface area contributed by atoms with Crippen LogP contribution in [-0.4, -0.2) is 45.7 Å². The molecule has 2 heterocycles. The van der Waals surface area contributed by atoms with Crippen molar-refractivity contribution in [3.8, 4) is 22.8 Å². The molecule has 2 aromatic carbocycles. The predicted molar refractivity (Wildman–Crippen MR) is 123 cm³/mol. The summed E-state index contributed by atoms with van der Waals surface area (Å²) in [5.41, 5.74) is 2.93. The number of methoxy groups -OCH3 is 2. The number of hydrogen-bond donors (Lipinski definition) is 1. The SMILES string of the molecule is COc1ccc(NC(=O)CSc2nnc3ccc(-c4ccc(Br)cc4)nn23)c(OC)c1. The largest absolute Gasteiger partial charge is 0.497 e. The number of nitrogens with one attached hydrogen (secondary N) is 1. The third-order valence-corrected chi connectivity index (χ3v) is 5.84. The number of ether oxygens (including phenoxy) is 2. The van der Waals surface area contributed by atoms with Gasteiger partial charge in [0.1, 0.15) is 11.5 Å². The monoisotopic (exact) mass is 499 g/mol. The summed E-state index contributed by atoms with van der Waals surface area (Å²) in [5, 5.41) is 16.3. The third kappa shape index (κ3) is 4.80. The van der Waals surface area contributed by atoms with Gasteiger partial charge in [0.25, 0.3) is 0 Å². The Balaban J connectivity index is 1.48. The Morgan fingerprint density at radius 3 is 2.61 bits per heavy atom. The number of hydrogen-bond acceptors (Lipinski definition) is 7. The van der Waals surface area contributed by atoms with Crippen LogP contribution in [0.2, 0.25) is 0 Å². The number of halogens is 1. The van der Waals surface area contributed by atoms with Gasteiger partial charge in [0.15, 0.2) is 5.65 Å². The number of fused-ring (bicyclic) bond motifs is 1. The van der Waals surface area contributed by atoms with E-state index in [1.165, 1.54) is 18.9 Å². The van der Waals surface area contributed by atoms with Gasteiger partial charge in [0.2, 0.25) is 11.1 Å². The molecule has 1 amide bonds. The third-order valence-electron chi connectivity index (χ3n) is 4.39. The molecule has 0 atom stereocenters. The number of benzene rings is 2. The van der Waals surface area contributed by atoms with Crippen molar-refractivity contribution in [2.75, 3.05) is 25.3 Å². The summed E-state index contributed by atoms with van der Waals surface area (Å²) in [6, 6.07) is 16.8. The van der Waals surface area contributed by atoms with Gasteiger partial charge in [0, 0.05) is 16.1 Å². The molecule has 0 bridgehead atoms. The molecular weight excluding hydrogens is 482 g/mol. The molecule has 4 aromatic rings. The zero-order chi connectivity index (χ0) is 21.8. The van der Waals surface area contributed by atoms with Crippen LogP contribution in [0.25, 0.3) is 16.9 Å². The van der Waals surface area contributed by atoms with Crippen molar-refractivity contribution >= 4 is 44.9 Å². The maximum absolute atomic E-state index is 12.5. The summed E-state index contributed by atoms with van der Waals surface area (Å²) in [6.07, 6.45) is 0. The molecule has 0 spiro atoms. The van der Waals surface area contributed by atoms with Crippen LogP contribution < -0.4 is 14.8 Å². The maximum atomic E-state index is 12.5. The van der Waals surface area contributed by atoms with E-state index in [4.69, 9.17) is 9.47 Å². The summed E-state index contributed by atoms with van der Waals surface area (Å²) >= 11 is 4.69. The van der Waals surface area contributed by atoms with E-state index in [0.29, 0.717) is 28.0 Å². The van der Waals surface area contributed by atoms with E-state index in [1.807, 2.05) is 36.4 Å². The molecule has 2 aromatic heterocycles. The molecule has 4 rings (SSSR count). The first-order valence-corrected chi connectivity index (χ1v) is 11.0. The highest BCUT2D eigenvalue weighted by Crippen LogP contribution is 2.29. The average Bonchev–Trinajstić information content (AvgIpc) is 3.20. The van der Waals surface area contributed by atoms with E-state index in [2.05, 4.69) is 36.5 Å². The first kappa shape index (κ1) is 21.1. The lowest BCUT2D eigenvalue weighted by Crippen LogP contribution is -2.15. The van der Waals surface area contributed by atoms with Crippen molar-refractivity contribution < 1.29 is 14.3 Å². The van der Waals surface area contributed by atoms with Crippen molar-refractivity contribution in [3.05, 3.63) is 59.1 Å². The summed E-state index contributed by atoms with van der Waals surface area (Å²) in [6.45, 7) is 0. The fraction of sp³-hybridized carbons (Fsp3) is 0.143. The van der Waals surface area contributed by atoms with Gasteiger partial charge in [0.05, 0.1) is 31.4 Å². The lowest BCUT2D eigenvalue weighted by atomic mass is 10.1. The Morgan fingerprint density at radius 1 is 1.06 bits per heavy atom. The van der Waals surface area contributed by atoms with Gasteiger partial charge in [-0.2, -0.15) is 9.61 Å². The fourth-order valence-electron chi connectivity index (χ4n) is 2.85. The minimum atomic E-state index is -0.200. The summed E-state index contributed by atoms with van der Waals surface area (Å²) < 4.78 is 13.1. The second kappa shape index (κ2) is 9.36. The van der Waals surface area contributed by atoms with E-state index < -0.39 is 0 Å². The van der Waals surface area contributed by atoms with Crippen LogP contribution in [0.15, 0.2) is 64.2 Å². The Hall–Kier alpha value is -3.11. The molecule has 158 valence electrons. The van der Waals surface area contributed by atoms with Crippen LogP contribution in [0.4, 0.5) is 5.69 Å². The normalized spacial score (nSPS) is 10.8. The van der Waals surface area contributed by atoms with Crippen LogP contribution in [-0.2, 0) is 4.79 Å². The van der Waals surface area contributed by atoms with E-state index in [9.17, 15) is 4.79 Å². The van der Waals surface area contributed by atoms with E-state index in [-0.39, 0.29) is 11.7 Å². The molecular formula is C21H18BrN5O3S. The number of rotatable bonds is 7. The molecule has 1 N–H and O–H groups in total. The number of amides is 1. The molecule has 0 aliphatic rings. The summed E-state index contributed by atoms with van der Waals surface area (Å²) in [5.74, 6) is 1.10. The van der Waals surface area contributed by atoms with Gasteiger partial charge in [-0.25, -0.2) is 0 Å². The number of nitrogens with zero attached hydrogens (tertiary/aromatic N) is 4. The zero-order valence-electron chi connectivity index (χ0n) is 16.7. The first-order chi connectivity index (χ1) is 15.1. The second-order valence-corrected chi connectivity index (χ2v) is 8.24. The highest BCUT2D eigenvalue weighted by Gasteiger charge is 2.13. The van der Waals surface area contributed by atoms with Crippen LogP contribution in [0, 0.1) is 0 Å². The highest BCUT2D eigenvalue weighted by atomic mass is 79.9. The average molecular weight is 500 g/mol. The smallest absolute Gasteiger partial charge is 0.234 e. The Bertz CT molecular complexity index is 1230. The predicted octanol–water partition coefficient (Wildman–Crippen LogP) is 4.30. The highest BCUT2D eigenvalue weighted by molar-refractivity contribution is 9.10. The first-order valence-electron chi connectivity index (χ1n) is 9.20. The minimum Gasteiger partial charge on any atom is -0.497 e. The lowest BCUT2D eigenvalue weighted by molar-refractivity contribution is -0.113. The molecule has 0 radical (unpaired) electrons. The van der Waals surface area contributed by atoms with Crippen molar-refractivity contribution in [1.82, 2.24) is 19.8 Å². The summed E-state index contributed by atoms with van der Waals surface area (Å²) in [4.78, 5) is 12.5. The molecule has 0 saturated heterocycles. The number of carbonyl (C=O) groups is 1. The van der Waals surface area contributed by atoms with Crippen molar-refractivity contribution in [2.24, 2.45) is 0 Å². The standard InChI is InChI=1S/C21H18BrN5O3S/c1-29-15-7-8-17(18(11-15)30-2)23-20(28)12-31-21-25-24-19-10-9-16(26-27(19)21)13-3-5-14(22)6-4-13/h3-11H,12H2,1-2H3,(H,23,28). The van der Waals surface area contributed by atoms with E-state index >= 15 is 0 Å². The number of aromatic nitrogens is 4. The molecule has 0 unspecified atom stereocenters. The zero-order valence-corrected chi connectivity index (χ0v) is 19.1. The van der Waals surface area contributed by atoms with E-state index in [1.54, 1.807) is 29.8 Å². The topological polar surface area (TPSA) is 90.6 Å². The number of thioether (sulfide) groups is 1. The van der Waals surface area contributed by atoms with Crippen molar-refractivity contribution in [2.45, 2.75) is 5.16 Å². The maximum Gasteiger partial charge on any atom is 0.234 e. The van der Waals surface area contributed by atoms with Gasteiger partial charge in [-0.05, 0) is 36.4 Å².